The number of likely N-dealkylation sites (tertiary alicyclic amines) is 1. The Bertz CT molecular complexity index is 351. The summed E-state index contributed by atoms with van der Waals surface area (Å²) in [5.74, 6) is 0.760. The SMILES string of the molecule is CC1CCCCC1NC1CCCN(C(=O)OC(C)(C)C)C1. The van der Waals surface area contributed by atoms with E-state index in [0.717, 1.165) is 25.4 Å². The highest BCUT2D eigenvalue weighted by Gasteiger charge is 2.30. The third-order valence-corrected chi connectivity index (χ3v) is 4.63. The quantitative estimate of drug-likeness (QED) is 0.847. The van der Waals surface area contributed by atoms with Crippen molar-refractivity contribution in [1.82, 2.24) is 10.2 Å². The van der Waals surface area contributed by atoms with E-state index in [1.807, 2.05) is 25.7 Å². The van der Waals surface area contributed by atoms with Crippen molar-refractivity contribution in [3.8, 4) is 0 Å². The van der Waals surface area contributed by atoms with Crippen LogP contribution in [0.5, 0.6) is 0 Å². The number of ether oxygens (including phenoxy) is 1. The number of hydrogen-bond acceptors (Lipinski definition) is 3. The van der Waals surface area contributed by atoms with Gasteiger partial charge in [0.15, 0.2) is 0 Å². The Morgan fingerprint density at radius 1 is 1.14 bits per heavy atom. The maximum Gasteiger partial charge on any atom is 0.410 e. The first kappa shape index (κ1) is 16.6. The van der Waals surface area contributed by atoms with E-state index in [9.17, 15) is 4.79 Å². The second kappa shape index (κ2) is 6.99. The number of carbonyl (C=O) groups excluding carboxylic acids is 1. The van der Waals surface area contributed by atoms with Crippen LogP contribution in [0.15, 0.2) is 0 Å². The highest BCUT2D eigenvalue weighted by atomic mass is 16.6. The summed E-state index contributed by atoms with van der Waals surface area (Å²) >= 11 is 0. The zero-order valence-electron chi connectivity index (χ0n) is 14.2. The molecular formula is C17H32N2O2. The summed E-state index contributed by atoms with van der Waals surface area (Å²) in [6.45, 7) is 9.74. The smallest absolute Gasteiger partial charge is 0.410 e. The maximum absolute atomic E-state index is 12.2. The van der Waals surface area contributed by atoms with Crippen molar-refractivity contribution in [3.63, 3.8) is 0 Å². The molecule has 3 atom stereocenters. The lowest BCUT2D eigenvalue weighted by molar-refractivity contribution is 0.0178. The lowest BCUT2D eigenvalue weighted by Crippen LogP contribution is -2.53. The van der Waals surface area contributed by atoms with Crippen molar-refractivity contribution in [1.29, 1.82) is 0 Å². The van der Waals surface area contributed by atoms with E-state index in [-0.39, 0.29) is 6.09 Å². The summed E-state index contributed by atoms with van der Waals surface area (Å²) in [5.41, 5.74) is -0.407. The Kier molecular flexibility index (Phi) is 5.53. The van der Waals surface area contributed by atoms with Crippen LogP contribution >= 0.6 is 0 Å². The number of piperidine rings is 1. The van der Waals surface area contributed by atoms with Crippen LogP contribution in [0, 0.1) is 5.92 Å². The Hall–Kier alpha value is -0.770. The van der Waals surface area contributed by atoms with Crippen molar-refractivity contribution in [2.24, 2.45) is 5.92 Å². The number of carbonyl (C=O) groups is 1. The van der Waals surface area contributed by atoms with Gasteiger partial charge in [0, 0.05) is 25.2 Å². The second-order valence-corrected chi connectivity index (χ2v) is 7.80. The topological polar surface area (TPSA) is 41.6 Å². The van der Waals surface area contributed by atoms with Gasteiger partial charge < -0.3 is 15.0 Å². The molecule has 0 spiro atoms. The fourth-order valence-electron chi connectivity index (χ4n) is 3.47. The van der Waals surface area contributed by atoms with E-state index in [1.54, 1.807) is 0 Å². The lowest BCUT2D eigenvalue weighted by atomic mass is 9.85. The second-order valence-electron chi connectivity index (χ2n) is 7.80. The minimum atomic E-state index is -0.407. The predicted molar refractivity (Wildman–Crippen MR) is 85.4 cm³/mol. The molecule has 21 heavy (non-hydrogen) atoms. The molecule has 1 amide bonds. The van der Waals surface area contributed by atoms with Gasteiger partial charge in [0.25, 0.3) is 0 Å². The molecule has 1 aliphatic heterocycles. The van der Waals surface area contributed by atoms with Crippen LogP contribution in [-0.2, 0) is 4.74 Å². The summed E-state index contributed by atoms with van der Waals surface area (Å²) < 4.78 is 5.50. The van der Waals surface area contributed by atoms with Crippen molar-refractivity contribution >= 4 is 6.09 Å². The van der Waals surface area contributed by atoms with Crippen molar-refractivity contribution < 1.29 is 9.53 Å². The molecular weight excluding hydrogens is 264 g/mol. The molecule has 2 fully saturated rings. The van der Waals surface area contributed by atoms with Crippen LogP contribution < -0.4 is 5.32 Å². The van der Waals surface area contributed by atoms with Gasteiger partial charge in [-0.15, -0.1) is 0 Å². The van der Waals surface area contributed by atoms with E-state index in [2.05, 4.69) is 12.2 Å². The molecule has 2 rings (SSSR count). The van der Waals surface area contributed by atoms with Gasteiger partial charge in [-0.1, -0.05) is 19.8 Å². The maximum atomic E-state index is 12.2. The van der Waals surface area contributed by atoms with Crippen LogP contribution in [-0.4, -0.2) is 41.8 Å². The molecule has 122 valence electrons. The Morgan fingerprint density at radius 3 is 2.52 bits per heavy atom. The van der Waals surface area contributed by atoms with Gasteiger partial charge in [0.05, 0.1) is 0 Å². The van der Waals surface area contributed by atoms with Gasteiger partial charge in [0.1, 0.15) is 5.60 Å². The zero-order chi connectivity index (χ0) is 15.5. The first-order valence-corrected chi connectivity index (χ1v) is 8.59. The Morgan fingerprint density at radius 2 is 1.86 bits per heavy atom. The molecule has 1 saturated heterocycles. The normalized spacial score (nSPS) is 31.0. The molecule has 1 heterocycles. The molecule has 0 bridgehead atoms. The minimum absolute atomic E-state index is 0.161. The fourth-order valence-corrected chi connectivity index (χ4v) is 3.47. The standard InChI is InChI=1S/C17H32N2O2/c1-13-8-5-6-10-15(13)18-14-9-7-11-19(12-14)16(20)21-17(2,3)4/h13-15,18H,5-12H2,1-4H3. The third kappa shape index (κ3) is 5.17. The summed E-state index contributed by atoms with van der Waals surface area (Å²) in [7, 11) is 0. The van der Waals surface area contributed by atoms with Gasteiger partial charge in [-0.3, -0.25) is 0 Å². The number of hydrogen-bond donors (Lipinski definition) is 1. The minimum Gasteiger partial charge on any atom is -0.444 e. The largest absolute Gasteiger partial charge is 0.444 e. The van der Waals surface area contributed by atoms with Gasteiger partial charge in [-0.25, -0.2) is 4.79 Å². The fraction of sp³-hybridized carbons (Fsp3) is 0.941. The third-order valence-electron chi connectivity index (χ3n) is 4.63. The van der Waals surface area contributed by atoms with Gasteiger partial charge >= 0.3 is 6.09 Å². The van der Waals surface area contributed by atoms with Gasteiger partial charge in [-0.2, -0.15) is 0 Å². The molecule has 4 nitrogen and oxygen atoms in total. The van der Waals surface area contributed by atoms with E-state index in [4.69, 9.17) is 4.74 Å². The van der Waals surface area contributed by atoms with E-state index < -0.39 is 5.60 Å². The average Bonchev–Trinajstić information content (AvgIpc) is 2.40. The molecule has 0 aromatic heterocycles. The molecule has 4 heteroatoms. The molecule has 0 radical (unpaired) electrons. The molecule has 2 aliphatic rings. The van der Waals surface area contributed by atoms with Crippen LogP contribution in [0.2, 0.25) is 0 Å². The Labute approximate surface area is 129 Å². The molecule has 1 aliphatic carbocycles. The van der Waals surface area contributed by atoms with Crippen LogP contribution in [0.3, 0.4) is 0 Å². The monoisotopic (exact) mass is 296 g/mol. The zero-order valence-corrected chi connectivity index (χ0v) is 14.2. The van der Waals surface area contributed by atoms with Crippen LogP contribution in [0.4, 0.5) is 4.79 Å². The van der Waals surface area contributed by atoms with Crippen LogP contribution in [0.1, 0.15) is 66.2 Å². The molecule has 1 saturated carbocycles. The summed E-state index contributed by atoms with van der Waals surface area (Å²) in [5, 5.41) is 3.81. The van der Waals surface area contributed by atoms with Gasteiger partial charge in [-0.05, 0) is 52.4 Å². The molecule has 1 N–H and O–H groups in total. The number of amides is 1. The number of rotatable bonds is 2. The summed E-state index contributed by atoms with van der Waals surface area (Å²) in [6.07, 6.45) is 7.40. The first-order chi connectivity index (χ1) is 9.85. The van der Waals surface area contributed by atoms with E-state index in [0.29, 0.717) is 12.1 Å². The average molecular weight is 296 g/mol. The summed E-state index contributed by atoms with van der Waals surface area (Å²) in [6, 6.07) is 1.05. The highest BCUT2D eigenvalue weighted by Crippen LogP contribution is 2.25. The number of nitrogens with zero attached hydrogens (tertiary/aromatic N) is 1. The Balaban J connectivity index is 1.84. The molecule has 0 aromatic carbocycles. The molecule has 0 aromatic rings. The molecule has 3 unspecified atom stereocenters. The van der Waals surface area contributed by atoms with E-state index in [1.165, 1.54) is 32.1 Å². The summed E-state index contributed by atoms with van der Waals surface area (Å²) in [4.78, 5) is 14.1. The van der Waals surface area contributed by atoms with Crippen LogP contribution in [0.25, 0.3) is 0 Å². The van der Waals surface area contributed by atoms with Crippen molar-refractivity contribution in [3.05, 3.63) is 0 Å². The van der Waals surface area contributed by atoms with Crippen molar-refractivity contribution in [2.75, 3.05) is 13.1 Å². The van der Waals surface area contributed by atoms with E-state index >= 15 is 0 Å². The number of nitrogens with one attached hydrogen (secondary N) is 1. The van der Waals surface area contributed by atoms with Crippen molar-refractivity contribution in [2.45, 2.75) is 83.9 Å². The first-order valence-electron chi connectivity index (χ1n) is 8.59. The predicted octanol–water partition coefficient (Wildman–Crippen LogP) is 3.55. The van der Waals surface area contributed by atoms with Gasteiger partial charge in [0.2, 0.25) is 0 Å². The lowest BCUT2D eigenvalue weighted by Gasteiger charge is -2.38. The highest BCUT2D eigenvalue weighted by molar-refractivity contribution is 5.68.